The minimum absolute atomic E-state index is 0.140. The lowest BCUT2D eigenvalue weighted by Crippen LogP contribution is -2.41. The lowest BCUT2D eigenvalue weighted by Gasteiger charge is -2.28. The van der Waals surface area contributed by atoms with E-state index in [-0.39, 0.29) is 23.9 Å². The molecule has 0 atom stereocenters. The molecule has 118 valence electrons. The van der Waals surface area contributed by atoms with E-state index in [1.165, 1.54) is 22.7 Å². The van der Waals surface area contributed by atoms with E-state index in [0.717, 1.165) is 17.0 Å². The topological polar surface area (TPSA) is 49.4 Å². The second-order valence-electron chi connectivity index (χ2n) is 4.91. The van der Waals surface area contributed by atoms with Gasteiger partial charge in [0.05, 0.1) is 11.4 Å². The molecule has 0 radical (unpaired) electrons. The predicted molar refractivity (Wildman–Crippen MR) is 84.5 cm³/mol. The molecule has 0 spiro atoms. The summed E-state index contributed by atoms with van der Waals surface area (Å²) in [5.74, 6) is -2.42. The molecule has 3 rings (SSSR count). The number of nitrogens with zero attached hydrogens (tertiary/aromatic N) is 1. The number of amides is 2. The van der Waals surface area contributed by atoms with Crippen molar-refractivity contribution in [3.8, 4) is 0 Å². The van der Waals surface area contributed by atoms with Crippen molar-refractivity contribution in [2.45, 2.75) is 4.90 Å². The van der Waals surface area contributed by atoms with Crippen LogP contribution in [0.2, 0.25) is 0 Å². The zero-order valence-electron chi connectivity index (χ0n) is 11.9. The number of fused-ring (bicyclic) bond motifs is 1. The molecule has 4 nitrogen and oxygen atoms in total. The van der Waals surface area contributed by atoms with Crippen LogP contribution in [0, 0.1) is 11.6 Å². The van der Waals surface area contributed by atoms with Crippen LogP contribution in [0.1, 0.15) is 0 Å². The van der Waals surface area contributed by atoms with Crippen molar-refractivity contribution >= 4 is 35.0 Å². The van der Waals surface area contributed by atoms with Crippen LogP contribution >= 0.6 is 11.8 Å². The van der Waals surface area contributed by atoms with Gasteiger partial charge in [0.1, 0.15) is 6.54 Å². The Bertz CT molecular complexity index is 782. The second-order valence-corrected chi connectivity index (χ2v) is 5.93. The van der Waals surface area contributed by atoms with Gasteiger partial charge in [-0.1, -0.05) is 12.1 Å². The molecule has 0 saturated heterocycles. The molecule has 1 aliphatic rings. The van der Waals surface area contributed by atoms with Gasteiger partial charge in [0.15, 0.2) is 11.6 Å². The van der Waals surface area contributed by atoms with E-state index < -0.39 is 17.5 Å². The molecule has 0 saturated carbocycles. The van der Waals surface area contributed by atoms with E-state index >= 15 is 0 Å². The summed E-state index contributed by atoms with van der Waals surface area (Å²) in [5.41, 5.74) is 0.815. The maximum Gasteiger partial charge on any atom is 0.244 e. The first-order chi connectivity index (χ1) is 11.0. The highest BCUT2D eigenvalue weighted by molar-refractivity contribution is 8.00. The number of benzene rings is 2. The number of rotatable bonds is 3. The summed E-state index contributed by atoms with van der Waals surface area (Å²) in [6, 6.07) is 10.4. The second kappa shape index (κ2) is 6.37. The molecule has 2 aromatic rings. The van der Waals surface area contributed by atoms with Crippen LogP contribution in [-0.2, 0) is 9.59 Å². The zero-order chi connectivity index (χ0) is 16.4. The first-order valence-corrected chi connectivity index (χ1v) is 7.80. The van der Waals surface area contributed by atoms with Gasteiger partial charge in [0, 0.05) is 16.6 Å². The summed E-state index contributed by atoms with van der Waals surface area (Å²) in [6.45, 7) is -0.185. The largest absolute Gasteiger partial charge is 0.324 e. The first kappa shape index (κ1) is 15.5. The highest BCUT2D eigenvalue weighted by Gasteiger charge is 2.26. The van der Waals surface area contributed by atoms with Crippen molar-refractivity contribution in [1.82, 2.24) is 0 Å². The van der Waals surface area contributed by atoms with Gasteiger partial charge in [-0.05, 0) is 24.3 Å². The molecule has 0 fully saturated rings. The maximum atomic E-state index is 13.2. The average Bonchev–Trinajstić information content (AvgIpc) is 2.54. The number of nitrogens with one attached hydrogen (secondary N) is 1. The molecule has 2 aromatic carbocycles. The van der Waals surface area contributed by atoms with Gasteiger partial charge < -0.3 is 10.2 Å². The summed E-state index contributed by atoms with van der Waals surface area (Å²) in [7, 11) is 0. The van der Waals surface area contributed by atoms with E-state index in [1.807, 2.05) is 12.1 Å². The van der Waals surface area contributed by atoms with Crippen molar-refractivity contribution in [1.29, 1.82) is 0 Å². The van der Waals surface area contributed by atoms with Crippen molar-refractivity contribution in [2.75, 3.05) is 22.5 Å². The molecular formula is C16H12F2N2O2S. The molecule has 0 aliphatic carbocycles. The fourth-order valence-electron chi connectivity index (χ4n) is 2.25. The van der Waals surface area contributed by atoms with Crippen molar-refractivity contribution < 1.29 is 18.4 Å². The number of halogens is 2. The smallest absolute Gasteiger partial charge is 0.244 e. The van der Waals surface area contributed by atoms with Gasteiger partial charge >= 0.3 is 0 Å². The third kappa shape index (κ3) is 3.34. The number of hydrogen-bond acceptors (Lipinski definition) is 3. The van der Waals surface area contributed by atoms with Crippen LogP contribution in [-0.4, -0.2) is 24.1 Å². The molecule has 0 aromatic heterocycles. The molecule has 1 N–H and O–H groups in total. The molecule has 23 heavy (non-hydrogen) atoms. The van der Waals surface area contributed by atoms with Gasteiger partial charge in [-0.25, -0.2) is 8.78 Å². The van der Waals surface area contributed by atoms with Gasteiger partial charge in [0.2, 0.25) is 11.8 Å². The Hall–Kier alpha value is -2.41. The van der Waals surface area contributed by atoms with Crippen molar-refractivity contribution in [3.05, 3.63) is 54.1 Å². The number of para-hydroxylation sites is 1. The van der Waals surface area contributed by atoms with E-state index in [4.69, 9.17) is 0 Å². The number of carbonyl (C=O) groups is 2. The first-order valence-electron chi connectivity index (χ1n) is 6.81. The number of anilines is 2. The Morgan fingerprint density at radius 2 is 1.96 bits per heavy atom. The SMILES string of the molecule is O=C(CN1C(=O)CSc2ccccc21)Nc1ccc(F)c(F)c1. The Labute approximate surface area is 135 Å². The van der Waals surface area contributed by atoms with E-state index in [0.29, 0.717) is 5.69 Å². The van der Waals surface area contributed by atoms with Crippen molar-refractivity contribution in [2.24, 2.45) is 0 Å². The van der Waals surface area contributed by atoms with Crippen LogP contribution in [0.15, 0.2) is 47.4 Å². The third-order valence-electron chi connectivity index (χ3n) is 3.31. The Morgan fingerprint density at radius 1 is 1.17 bits per heavy atom. The van der Waals surface area contributed by atoms with Crippen LogP contribution in [0.5, 0.6) is 0 Å². The highest BCUT2D eigenvalue weighted by atomic mass is 32.2. The monoisotopic (exact) mass is 334 g/mol. The van der Waals surface area contributed by atoms with Crippen LogP contribution in [0.4, 0.5) is 20.2 Å². The van der Waals surface area contributed by atoms with E-state index in [9.17, 15) is 18.4 Å². The summed E-state index contributed by atoms with van der Waals surface area (Å²) < 4.78 is 26.0. The Kier molecular flexibility index (Phi) is 4.29. The third-order valence-corrected chi connectivity index (χ3v) is 4.36. The molecule has 1 heterocycles. The molecule has 1 aliphatic heterocycles. The Balaban J connectivity index is 1.75. The van der Waals surface area contributed by atoms with Gasteiger partial charge in [-0.2, -0.15) is 0 Å². The minimum Gasteiger partial charge on any atom is -0.324 e. The van der Waals surface area contributed by atoms with Gasteiger partial charge in [-0.15, -0.1) is 11.8 Å². The minimum atomic E-state index is -1.04. The normalized spacial score (nSPS) is 13.7. The van der Waals surface area contributed by atoms with Crippen molar-refractivity contribution in [3.63, 3.8) is 0 Å². The fourth-order valence-corrected chi connectivity index (χ4v) is 3.18. The Morgan fingerprint density at radius 3 is 2.74 bits per heavy atom. The standard InChI is InChI=1S/C16H12F2N2O2S/c17-11-6-5-10(7-12(11)18)19-15(21)8-20-13-3-1-2-4-14(13)23-9-16(20)22/h1-7H,8-9H2,(H,19,21). The molecule has 2 amide bonds. The highest BCUT2D eigenvalue weighted by Crippen LogP contribution is 2.34. The number of carbonyl (C=O) groups excluding carboxylic acids is 2. The molecule has 0 bridgehead atoms. The number of hydrogen-bond donors (Lipinski definition) is 1. The van der Waals surface area contributed by atoms with E-state index in [1.54, 1.807) is 12.1 Å². The zero-order valence-corrected chi connectivity index (χ0v) is 12.7. The molecule has 7 heteroatoms. The molecule has 0 unspecified atom stereocenters. The summed E-state index contributed by atoms with van der Waals surface area (Å²) >= 11 is 1.42. The van der Waals surface area contributed by atoms with E-state index in [2.05, 4.69) is 5.32 Å². The van der Waals surface area contributed by atoms with Crippen LogP contribution < -0.4 is 10.2 Å². The fraction of sp³-hybridized carbons (Fsp3) is 0.125. The lowest BCUT2D eigenvalue weighted by molar-refractivity contribution is -0.120. The van der Waals surface area contributed by atoms with Gasteiger partial charge in [-0.3, -0.25) is 9.59 Å². The molecular weight excluding hydrogens is 322 g/mol. The summed E-state index contributed by atoms with van der Waals surface area (Å²) in [4.78, 5) is 26.5. The predicted octanol–water partition coefficient (Wildman–Crippen LogP) is 3.04. The van der Waals surface area contributed by atoms with Gasteiger partial charge in [0.25, 0.3) is 0 Å². The quantitative estimate of drug-likeness (QED) is 0.939. The summed E-state index contributed by atoms with van der Waals surface area (Å²) in [6.07, 6.45) is 0. The van der Waals surface area contributed by atoms with Crippen LogP contribution in [0.25, 0.3) is 0 Å². The average molecular weight is 334 g/mol. The number of thioether (sulfide) groups is 1. The van der Waals surface area contributed by atoms with Crippen LogP contribution in [0.3, 0.4) is 0 Å². The lowest BCUT2D eigenvalue weighted by atomic mass is 10.2. The summed E-state index contributed by atoms with van der Waals surface area (Å²) in [5, 5.41) is 2.46. The maximum absolute atomic E-state index is 13.2.